The van der Waals surface area contributed by atoms with E-state index < -0.39 is 0 Å². The Balaban J connectivity index is 2.79. The third-order valence-electron chi connectivity index (χ3n) is 5.45. The fraction of sp³-hybridized carbons (Fsp3) is 0.379. The van der Waals surface area contributed by atoms with Crippen LogP contribution in [0.1, 0.15) is 84.5 Å². The summed E-state index contributed by atoms with van der Waals surface area (Å²) in [4.78, 5) is 24.0. The van der Waals surface area contributed by atoms with E-state index in [4.69, 9.17) is 9.47 Å². The number of carbonyl (C=O) groups is 2. The van der Waals surface area contributed by atoms with Gasteiger partial charge in [0.2, 0.25) is 0 Å². The van der Waals surface area contributed by atoms with Crippen LogP contribution >= 0.6 is 0 Å². The monoisotopic (exact) mass is 448 g/mol. The van der Waals surface area contributed by atoms with Crippen molar-refractivity contribution in [2.24, 2.45) is 0 Å². The number of carbonyl (C=O) groups excluding carboxylic acids is 2. The van der Waals surface area contributed by atoms with E-state index in [1.165, 1.54) is 0 Å². The molecule has 0 aromatic heterocycles. The van der Waals surface area contributed by atoms with Crippen LogP contribution in [0.3, 0.4) is 0 Å². The molecule has 0 heterocycles. The highest BCUT2D eigenvalue weighted by molar-refractivity contribution is 5.82. The molecular formula is C29H36O4. The van der Waals surface area contributed by atoms with Crippen LogP contribution in [-0.2, 0) is 17.3 Å². The summed E-state index contributed by atoms with van der Waals surface area (Å²) in [6, 6.07) is 7.92. The molecule has 4 heteroatoms. The van der Waals surface area contributed by atoms with Gasteiger partial charge in [0, 0.05) is 6.42 Å². The predicted molar refractivity (Wildman–Crippen MR) is 135 cm³/mol. The predicted octanol–water partition coefficient (Wildman–Crippen LogP) is 6.63. The van der Waals surface area contributed by atoms with Crippen molar-refractivity contribution in [2.75, 3.05) is 13.2 Å². The van der Waals surface area contributed by atoms with Gasteiger partial charge in [-0.15, -0.1) is 0 Å². The molecule has 0 N–H and O–H groups in total. The lowest BCUT2D eigenvalue weighted by molar-refractivity contribution is 0.111. The molecule has 0 unspecified atom stereocenters. The van der Waals surface area contributed by atoms with Gasteiger partial charge in [0.25, 0.3) is 0 Å². The zero-order valence-electron chi connectivity index (χ0n) is 20.8. The zero-order valence-corrected chi connectivity index (χ0v) is 20.8. The molecule has 0 saturated heterocycles. The van der Waals surface area contributed by atoms with Crippen molar-refractivity contribution in [1.82, 2.24) is 0 Å². The first-order valence-electron chi connectivity index (χ1n) is 11.2. The molecule has 0 bridgehead atoms. The van der Waals surface area contributed by atoms with Gasteiger partial charge in [0.05, 0.1) is 11.1 Å². The highest BCUT2D eigenvalue weighted by Crippen LogP contribution is 2.37. The first kappa shape index (κ1) is 26.1. The van der Waals surface area contributed by atoms with Crippen LogP contribution in [0.4, 0.5) is 0 Å². The highest BCUT2D eigenvalue weighted by Gasteiger charge is 2.23. The van der Waals surface area contributed by atoms with Crippen LogP contribution in [0, 0.1) is 0 Å². The van der Waals surface area contributed by atoms with Crippen molar-refractivity contribution in [3.8, 4) is 11.5 Å². The molecule has 2 aromatic rings. The molecule has 0 aliphatic heterocycles. The molecule has 0 atom stereocenters. The van der Waals surface area contributed by atoms with E-state index in [-0.39, 0.29) is 24.0 Å². The fourth-order valence-electron chi connectivity index (χ4n) is 3.57. The van der Waals surface area contributed by atoms with E-state index in [2.05, 4.69) is 66.8 Å². The maximum Gasteiger partial charge on any atom is 0.153 e. The summed E-state index contributed by atoms with van der Waals surface area (Å²) >= 11 is 0. The minimum absolute atomic E-state index is 0.160. The lowest BCUT2D eigenvalue weighted by atomic mass is 9.82. The normalized spacial score (nSPS) is 11.6. The molecule has 0 fully saturated rings. The Hall–Kier alpha value is -3.14. The molecule has 0 radical (unpaired) electrons. The molecule has 0 aliphatic rings. The average molecular weight is 449 g/mol. The molecule has 2 aromatic carbocycles. The maximum atomic E-state index is 12.0. The quantitative estimate of drug-likeness (QED) is 0.302. The zero-order chi connectivity index (χ0) is 24.8. The topological polar surface area (TPSA) is 52.6 Å². The number of rotatable bonds is 10. The smallest absolute Gasteiger partial charge is 0.153 e. The van der Waals surface area contributed by atoms with Crippen molar-refractivity contribution >= 4 is 12.6 Å². The van der Waals surface area contributed by atoms with Gasteiger partial charge in [-0.3, -0.25) is 9.59 Å². The molecule has 0 saturated carbocycles. The number of aldehydes is 2. The fourth-order valence-corrected chi connectivity index (χ4v) is 3.57. The molecule has 33 heavy (non-hydrogen) atoms. The van der Waals surface area contributed by atoms with Gasteiger partial charge in [-0.05, 0) is 45.2 Å². The minimum Gasteiger partial charge on any atom is -0.488 e. The van der Waals surface area contributed by atoms with E-state index in [1.807, 2.05) is 12.1 Å². The Morgan fingerprint density at radius 3 is 1.33 bits per heavy atom. The van der Waals surface area contributed by atoms with Crippen LogP contribution in [0.5, 0.6) is 11.5 Å². The van der Waals surface area contributed by atoms with Gasteiger partial charge in [0.1, 0.15) is 24.7 Å². The maximum absolute atomic E-state index is 12.0. The van der Waals surface area contributed by atoms with E-state index >= 15 is 0 Å². The van der Waals surface area contributed by atoms with Gasteiger partial charge in [-0.1, -0.05) is 79.0 Å². The number of hydrogen-bond acceptors (Lipinski definition) is 4. The Labute approximate surface area is 198 Å². The van der Waals surface area contributed by atoms with Crippen LogP contribution in [0.15, 0.2) is 49.6 Å². The third kappa shape index (κ3) is 6.44. The van der Waals surface area contributed by atoms with Crippen LogP contribution < -0.4 is 9.47 Å². The van der Waals surface area contributed by atoms with Gasteiger partial charge in [-0.25, -0.2) is 0 Å². The van der Waals surface area contributed by atoms with Crippen molar-refractivity contribution in [2.45, 2.75) is 58.8 Å². The first-order chi connectivity index (χ1) is 15.5. The molecular weight excluding hydrogens is 412 g/mol. The summed E-state index contributed by atoms with van der Waals surface area (Å²) in [5.74, 6) is 1.06. The highest BCUT2D eigenvalue weighted by atomic mass is 16.5. The van der Waals surface area contributed by atoms with E-state index in [0.29, 0.717) is 29.0 Å². The second-order valence-corrected chi connectivity index (χ2v) is 10.2. The number of benzene rings is 2. The van der Waals surface area contributed by atoms with Gasteiger partial charge >= 0.3 is 0 Å². The van der Waals surface area contributed by atoms with Crippen LogP contribution in [0.2, 0.25) is 0 Å². The Bertz CT molecular complexity index is 950. The molecule has 2 rings (SSSR count). The minimum atomic E-state index is -0.160. The Morgan fingerprint density at radius 1 is 0.697 bits per heavy atom. The van der Waals surface area contributed by atoms with Crippen LogP contribution in [-0.4, -0.2) is 25.8 Å². The second-order valence-electron chi connectivity index (χ2n) is 10.2. The first-order valence-corrected chi connectivity index (χ1v) is 11.2. The van der Waals surface area contributed by atoms with E-state index in [0.717, 1.165) is 34.8 Å². The molecule has 4 nitrogen and oxygen atoms in total. The SMILES string of the molecule is C=CCOc1c(C=O)cc(C(C)(C)C)cc1Cc1cc(C(C)(C)C)cc(C=O)c1OCC=C. The lowest BCUT2D eigenvalue weighted by Crippen LogP contribution is -2.15. The summed E-state index contributed by atoms with van der Waals surface area (Å²) in [7, 11) is 0. The van der Waals surface area contributed by atoms with Crippen LogP contribution in [0.25, 0.3) is 0 Å². The van der Waals surface area contributed by atoms with Gasteiger partial charge < -0.3 is 9.47 Å². The third-order valence-corrected chi connectivity index (χ3v) is 5.45. The molecule has 0 amide bonds. The van der Waals surface area contributed by atoms with Gasteiger partial charge in [0.15, 0.2) is 12.6 Å². The summed E-state index contributed by atoms with van der Waals surface area (Å²) in [5, 5.41) is 0. The van der Waals surface area contributed by atoms with Gasteiger partial charge in [-0.2, -0.15) is 0 Å². The average Bonchev–Trinajstić information content (AvgIpc) is 2.74. The Morgan fingerprint density at radius 2 is 1.06 bits per heavy atom. The van der Waals surface area contributed by atoms with E-state index in [9.17, 15) is 9.59 Å². The van der Waals surface area contributed by atoms with Crippen molar-refractivity contribution in [3.63, 3.8) is 0 Å². The summed E-state index contributed by atoms with van der Waals surface area (Å²) in [6.07, 6.45) is 5.40. The summed E-state index contributed by atoms with van der Waals surface area (Å²) < 4.78 is 11.9. The number of hydrogen-bond donors (Lipinski definition) is 0. The van der Waals surface area contributed by atoms with Crippen molar-refractivity contribution < 1.29 is 19.1 Å². The summed E-state index contributed by atoms with van der Waals surface area (Å²) in [5.41, 5.74) is 4.45. The van der Waals surface area contributed by atoms with Crippen molar-refractivity contribution in [3.05, 3.63) is 83.0 Å². The van der Waals surface area contributed by atoms with Crippen molar-refractivity contribution in [1.29, 1.82) is 0 Å². The molecule has 0 spiro atoms. The standard InChI is InChI=1S/C29H36O4/c1-9-11-32-26-20(14-24(28(3,4)5)16-22(26)18-30)13-21-15-25(29(6,7)8)17-23(19-31)27(21)33-12-10-2/h9-10,14-19H,1-2,11-13H2,3-8H3. The molecule has 0 aliphatic carbocycles. The number of ether oxygens (including phenoxy) is 2. The largest absolute Gasteiger partial charge is 0.488 e. The van der Waals surface area contributed by atoms with E-state index in [1.54, 1.807) is 12.2 Å². The Kier molecular flexibility index (Phi) is 8.43. The molecule has 176 valence electrons. The second kappa shape index (κ2) is 10.7. The summed E-state index contributed by atoms with van der Waals surface area (Å²) in [6.45, 7) is 20.7. The lowest BCUT2D eigenvalue weighted by Gasteiger charge is -2.25.